The minimum absolute atomic E-state index is 0.244. The number of aryl methyl sites for hydroxylation is 1. The zero-order valence-corrected chi connectivity index (χ0v) is 19.1. The molecule has 32 heavy (non-hydrogen) atoms. The molecule has 2 aromatic rings. The van der Waals surface area contributed by atoms with Crippen LogP contribution in [0, 0.1) is 18.3 Å². The lowest BCUT2D eigenvalue weighted by atomic mass is 9.96. The van der Waals surface area contributed by atoms with Crippen molar-refractivity contribution in [1.29, 1.82) is 5.26 Å². The van der Waals surface area contributed by atoms with Crippen molar-refractivity contribution in [3.05, 3.63) is 58.7 Å². The fraction of sp³-hybridized carbons (Fsp3) is 0.292. The van der Waals surface area contributed by atoms with E-state index >= 15 is 0 Å². The van der Waals surface area contributed by atoms with Crippen molar-refractivity contribution in [2.75, 3.05) is 26.5 Å². The van der Waals surface area contributed by atoms with Gasteiger partial charge in [0.15, 0.2) is 5.88 Å². The van der Waals surface area contributed by atoms with Crippen molar-refractivity contribution in [3.63, 3.8) is 0 Å². The predicted molar refractivity (Wildman–Crippen MR) is 129 cm³/mol. The molecule has 0 fully saturated rings. The molecule has 0 saturated heterocycles. The van der Waals surface area contributed by atoms with Gasteiger partial charge in [-0.1, -0.05) is 12.1 Å². The van der Waals surface area contributed by atoms with Crippen LogP contribution in [0.15, 0.2) is 41.3 Å². The summed E-state index contributed by atoms with van der Waals surface area (Å²) in [5, 5.41) is 9.51. The van der Waals surface area contributed by atoms with Gasteiger partial charge in [-0.2, -0.15) is 5.26 Å². The van der Waals surface area contributed by atoms with Gasteiger partial charge in [-0.15, -0.1) is 0 Å². The molecule has 0 spiro atoms. The second kappa shape index (κ2) is 10.5. The van der Waals surface area contributed by atoms with Gasteiger partial charge in [0.05, 0.1) is 24.9 Å². The van der Waals surface area contributed by atoms with Crippen LogP contribution in [-0.2, 0) is 9.47 Å². The van der Waals surface area contributed by atoms with Crippen molar-refractivity contribution in [2.24, 2.45) is 16.5 Å². The van der Waals surface area contributed by atoms with Crippen molar-refractivity contribution >= 4 is 23.6 Å². The minimum Gasteiger partial charge on any atom is -0.483 e. The number of pyridine rings is 1. The maximum absolute atomic E-state index is 9.51. The van der Waals surface area contributed by atoms with Crippen molar-refractivity contribution in [1.82, 2.24) is 4.98 Å². The first-order chi connectivity index (χ1) is 15.1. The number of rotatable bonds is 8. The molecule has 8 heteroatoms. The molecule has 1 heterocycles. The van der Waals surface area contributed by atoms with Gasteiger partial charge < -0.3 is 26.7 Å². The number of hydrogen-bond acceptors (Lipinski definition) is 8. The first kappa shape index (κ1) is 24.4. The number of nitrogen functional groups attached to an aromatic ring is 1. The van der Waals surface area contributed by atoms with Gasteiger partial charge in [0.1, 0.15) is 11.8 Å². The topological polar surface area (TPSA) is 146 Å². The van der Waals surface area contributed by atoms with Crippen molar-refractivity contribution in [3.8, 4) is 17.3 Å². The number of allylic oxidation sites excluding steroid dienone is 1. The molecule has 0 radical (unpaired) electrons. The Kier molecular flexibility index (Phi) is 7.99. The first-order valence-corrected chi connectivity index (χ1v) is 9.95. The highest BCUT2D eigenvalue weighted by molar-refractivity contribution is 6.12. The summed E-state index contributed by atoms with van der Waals surface area (Å²) in [6.45, 7) is 6.18. The molecule has 0 aliphatic rings. The molecule has 1 aromatic carbocycles. The van der Waals surface area contributed by atoms with E-state index < -0.39 is 5.60 Å². The van der Waals surface area contributed by atoms with E-state index in [0.717, 1.165) is 16.7 Å². The standard InChI is InChI=1S/C24H30N6O2/c1-15-8-19(18(11-25)13-29-14-24(2,3)32-5)23(30-21(15)12-26)17-7-6-16(20(27)9-17)10-22(28)31-4/h6-11,13H,14,25,27-28H2,1-5H3/b18-11+,22-10+,29-13?. The number of ether oxygens (including phenoxy) is 2. The Labute approximate surface area is 189 Å². The summed E-state index contributed by atoms with van der Waals surface area (Å²) in [6.07, 6.45) is 4.79. The third-order valence-electron chi connectivity index (χ3n) is 4.96. The normalized spacial score (nSPS) is 12.8. The first-order valence-electron chi connectivity index (χ1n) is 9.95. The molecule has 168 valence electrons. The smallest absolute Gasteiger partial charge is 0.184 e. The lowest BCUT2D eigenvalue weighted by Crippen LogP contribution is -2.26. The molecule has 1 aromatic heterocycles. The van der Waals surface area contributed by atoms with E-state index in [4.69, 9.17) is 26.7 Å². The van der Waals surface area contributed by atoms with Crippen LogP contribution in [0.25, 0.3) is 22.9 Å². The third kappa shape index (κ3) is 5.86. The third-order valence-corrected chi connectivity index (χ3v) is 4.96. The average Bonchev–Trinajstić information content (AvgIpc) is 2.77. The zero-order valence-electron chi connectivity index (χ0n) is 19.1. The molecular weight excluding hydrogens is 404 g/mol. The van der Waals surface area contributed by atoms with Gasteiger partial charge in [0, 0.05) is 53.6 Å². The summed E-state index contributed by atoms with van der Waals surface area (Å²) >= 11 is 0. The summed E-state index contributed by atoms with van der Waals surface area (Å²) in [7, 11) is 3.13. The number of nitrogens with two attached hydrogens (primary N) is 3. The second-order valence-electron chi connectivity index (χ2n) is 7.81. The largest absolute Gasteiger partial charge is 0.483 e. The summed E-state index contributed by atoms with van der Waals surface area (Å²) in [5.74, 6) is 0.244. The number of benzene rings is 1. The van der Waals surface area contributed by atoms with Gasteiger partial charge >= 0.3 is 0 Å². The van der Waals surface area contributed by atoms with Crippen LogP contribution in [0.4, 0.5) is 5.69 Å². The number of methoxy groups -OCH3 is 2. The van der Waals surface area contributed by atoms with Crippen molar-refractivity contribution < 1.29 is 9.47 Å². The second-order valence-corrected chi connectivity index (χ2v) is 7.81. The fourth-order valence-electron chi connectivity index (χ4n) is 2.86. The molecule has 0 saturated carbocycles. The van der Waals surface area contributed by atoms with Gasteiger partial charge in [-0.05, 0) is 38.5 Å². The van der Waals surface area contributed by atoms with E-state index in [-0.39, 0.29) is 5.88 Å². The number of aliphatic imine (C=N–C) groups is 1. The lowest BCUT2D eigenvalue weighted by molar-refractivity contribution is 0.0313. The van der Waals surface area contributed by atoms with Crippen LogP contribution in [0.5, 0.6) is 0 Å². The predicted octanol–water partition coefficient (Wildman–Crippen LogP) is 3.21. The number of nitrogens with zero attached hydrogens (tertiary/aromatic N) is 3. The molecule has 2 rings (SSSR count). The molecule has 0 amide bonds. The maximum Gasteiger partial charge on any atom is 0.184 e. The number of aromatic nitrogens is 1. The Hall–Kier alpha value is -3.83. The summed E-state index contributed by atoms with van der Waals surface area (Å²) < 4.78 is 10.4. The van der Waals surface area contributed by atoms with E-state index in [2.05, 4.69) is 16.0 Å². The van der Waals surface area contributed by atoms with E-state index in [1.54, 1.807) is 25.5 Å². The highest BCUT2D eigenvalue weighted by atomic mass is 16.5. The van der Waals surface area contributed by atoms with Crippen LogP contribution in [0.1, 0.15) is 36.2 Å². The van der Waals surface area contributed by atoms with Crippen LogP contribution in [0.2, 0.25) is 0 Å². The van der Waals surface area contributed by atoms with Crippen LogP contribution in [0.3, 0.4) is 0 Å². The van der Waals surface area contributed by atoms with E-state index in [0.29, 0.717) is 34.8 Å². The Morgan fingerprint density at radius 1 is 1.28 bits per heavy atom. The highest BCUT2D eigenvalue weighted by Crippen LogP contribution is 2.31. The van der Waals surface area contributed by atoms with Gasteiger partial charge in [-0.25, -0.2) is 4.98 Å². The lowest BCUT2D eigenvalue weighted by Gasteiger charge is -2.20. The molecule has 0 bridgehead atoms. The molecule has 0 unspecified atom stereocenters. The van der Waals surface area contributed by atoms with Crippen molar-refractivity contribution in [2.45, 2.75) is 26.4 Å². The quantitative estimate of drug-likeness (QED) is 0.328. The average molecular weight is 435 g/mol. The van der Waals surface area contributed by atoms with Gasteiger partial charge in [0.2, 0.25) is 0 Å². The number of anilines is 1. The van der Waals surface area contributed by atoms with E-state index in [9.17, 15) is 5.26 Å². The molecule has 0 aliphatic carbocycles. The molecule has 8 nitrogen and oxygen atoms in total. The van der Waals surface area contributed by atoms with E-state index in [1.807, 2.05) is 39.0 Å². The molecule has 0 aliphatic heterocycles. The van der Waals surface area contributed by atoms with E-state index in [1.165, 1.54) is 13.3 Å². The summed E-state index contributed by atoms with van der Waals surface area (Å²) in [4.78, 5) is 9.08. The number of nitriles is 1. The number of hydrogen-bond donors (Lipinski definition) is 3. The Morgan fingerprint density at radius 3 is 2.56 bits per heavy atom. The maximum atomic E-state index is 9.51. The summed E-state index contributed by atoms with van der Waals surface area (Å²) in [5.41, 5.74) is 22.5. The Balaban J connectivity index is 2.60. The monoisotopic (exact) mass is 434 g/mol. The minimum atomic E-state index is -0.403. The Morgan fingerprint density at radius 2 is 2.00 bits per heavy atom. The molecule has 6 N–H and O–H groups in total. The van der Waals surface area contributed by atoms with Gasteiger partial charge in [0.25, 0.3) is 0 Å². The summed E-state index contributed by atoms with van der Waals surface area (Å²) in [6, 6.07) is 9.45. The highest BCUT2D eigenvalue weighted by Gasteiger charge is 2.17. The van der Waals surface area contributed by atoms with Crippen LogP contribution in [-0.4, -0.2) is 37.6 Å². The molecule has 0 atom stereocenters. The van der Waals surface area contributed by atoms with Gasteiger partial charge in [-0.3, -0.25) is 4.99 Å². The fourth-order valence-corrected chi connectivity index (χ4v) is 2.86. The molecular formula is C24H30N6O2. The zero-order chi connectivity index (χ0) is 23.9. The Bertz CT molecular complexity index is 1110. The van der Waals surface area contributed by atoms with Crippen LogP contribution < -0.4 is 17.2 Å². The van der Waals surface area contributed by atoms with Crippen LogP contribution >= 0.6 is 0 Å². The SMILES string of the molecule is CO/C(N)=C/c1ccc(-c2nc(C#N)c(C)cc2/C(C=NCC(C)(C)OC)=C/N)cc1N.